The van der Waals surface area contributed by atoms with E-state index in [2.05, 4.69) is 17.4 Å². The largest absolute Gasteiger partial charge is 0.490 e. The van der Waals surface area contributed by atoms with Gasteiger partial charge in [0.05, 0.1) is 25.8 Å². The van der Waals surface area contributed by atoms with E-state index in [4.69, 9.17) is 13.9 Å². The number of furan rings is 1. The number of para-hydroxylation sites is 1. The average molecular weight is 422 g/mol. The molecule has 3 aromatic rings. The summed E-state index contributed by atoms with van der Waals surface area (Å²) in [5, 5.41) is 4.17. The third kappa shape index (κ3) is 4.26. The Kier molecular flexibility index (Phi) is 5.55. The number of hydrogen-bond donors (Lipinski definition) is 2. The van der Waals surface area contributed by atoms with Crippen LogP contribution in [-0.4, -0.2) is 32.2 Å². The molecule has 0 spiro atoms. The third-order valence-corrected chi connectivity index (χ3v) is 6.29. The lowest BCUT2D eigenvalue weighted by Crippen LogP contribution is -3.11. The van der Waals surface area contributed by atoms with Gasteiger partial charge in [-0.3, -0.25) is 4.79 Å². The van der Waals surface area contributed by atoms with E-state index >= 15 is 0 Å². The zero-order chi connectivity index (χ0) is 21.2. The molecule has 0 saturated carbocycles. The molecular formula is C25H29N2O4+. The van der Waals surface area contributed by atoms with Crippen molar-refractivity contribution in [2.45, 2.75) is 38.3 Å². The van der Waals surface area contributed by atoms with Crippen molar-refractivity contribution < 1.29 is 23.6 Å². The molecule has 31 heavy (non-hydrogen) atoms. The Morgan fingerprint density at radius 2 is 1.94 bits per heavy atom. The Morgan fingerprint density at radius 3 is 2.81 bits per heavy atom. The molecule has 2 aliphatic heterocycles. The number of fused-ring (bicyclic) bond motifs is 2. The fourth-order valence-electron chi connectivity index (χ4n) is 4.71. The minimum absolute atomic E-state index is 0.0456. The third-order valence-electron chi connectivity index (χ3n) is 6.29. The van der Waals surface area contributed by atoms with Crippen molar-refractivity contribution in [2.24, 2.45) is 0 Å². The monoisotopic (exact) mass is 421 g/mol. The molecule has 6 nitrogen and oxygen atoms in total. The van der Waals surface area contributed by atoms with Crippen LogP contribution in [0, 0.1) is 0 Å². The Bertz CT molecular complexity index is 1040. The molecule has 1 unspecified atom stereocenters. The van der Waals surface area contributed by atoms with Gasteiger partial charge in [-0.15, -0.1) is 0 Å². The molecule has 0 radical (unpaired) electrons. The predicted octanol–water partition coefficient (Wildman–Crippen LogP) is 3.19. The molecule has 5 rings (SSSR count). The fourth-order valence-corrected chi connectivity index (χ4v) is 4.71. The lowest BCUT2D eigenvalue weighted by Gasteiger charge is -2.23. The van der Waals surface area contributed by atoms with Crippen molar-refractivity contribution in [3.05, 3.63) is 59.9 Å². The van der Waals surface area contributed by atoms with Crippen molar-refractivity contribution in [2.75, 3.05) is 26.3 Å². The van der Waals surface area contributed by atoms with Gasteiger partial charge in [-0.1, -0.05) is 18.2 Å². The second-order valence-corrected chi connectivity index (χ2v) is 8.51. The van der Waals surface area contributed by atoms with Crippen LogP contribution < -0.4 is 19.7 Å². The molecule has 162 valence electrons. The Labute approximate surface area is 182 Å². The summed E-state index contributed by atoms with van der Waals surface area (Å²) in [5.41, 5.74) is 2.06. The number of hydrogen-bond acceptors (Lipinski definition) is 4. The summed E-state index contributed by atoms with van der Waals surface area (Å²) in [5.74, 6) is 2.47. The highest BCUT2D eigenvalue weighted by Crippen LogP contribution is 2.33. The van der Waals surface area contributed by atoms with Crippen LogP contribution in [0.15, 0.2) is 52.9 Å². The van der Waals surface area contributed by atoms with Crippen molar-refractivity contribution in [1.29, 1.82) is 0 Å². The Morgan fingerprint density at radius 1 is 1.10 bits per heavy atom. The highest BCUT2D eigenvalue weighted by molar-refractivity contribution is 5.79. The first kappa shape index (κ1) is 19.9. The van der Waals surface area contributed by atoms with E-state index in [1.807, 2.05) is 43.3 Å². The number of amides is 1. The van der Waals surface area contributed by atoms with Crippen LogP contribution in [0.4, 0.5) is 0 Å². The summed E-state index contributed by atoms with van der Waals surface area (Å²) >= 11 is 0. The molecule has 3 atom stereocenters. The van der Waals surface area contributed by atoms with E-state index in [-0.39, 0.29) is 11.9 Å². The van der Waals surface area contributed by atoms with Gasteiger partial charge < -0.3 is 24.1 Å². The average Bonchev–Trinajstić information content (AvgIpc) is 3.34. The van der Waals surface area contributed by atoms with Crippen LogP contribution in [0.25, 0.3) is 11.0 Å². The van der Waals surface area contributed by atoms with E-state index < -0.39 is 0 Å². The standard InChI is InChI=1S/C25H28N2O4/c1-17(23-15-19-6-2-3-8-21(19)31-23)26-25(28)16-27-11-4-7-20(27)18-9-10-22-24(14-18)30-13-5-12-29-22/h2-3,6,8-10,14-15,17,20H,4-5,7,11-13,16H2,1H3,(H,26,28)/p+1/t17-,20+/m0/s1. The van der Waals surface area contributed by atoms with Crippen LogP contribution in [-0.2, 0) is 4.79 Å². The molecular weight excluding hydrogens is 392 g/mol. The highest BCUT2D eigenvalue weighted by atomic mass is 16.5. The van der Waals surface area contributed by atoms with E-state index in [0.717, 1.165) is 54.0 Å². The van der Waals surface area contributed by atoms with E-state index in [0.29, 0.717) is 25.8 Å². The number of rotatable bonds is 5. The molecule has 0 bridgehead atoms. The Balaban J connectivity index is 1.24. The maximum absolute atomic E-state index is 12.8. The molecule has 1 fully saturated rings. The maximum Gasteiger partial charge on any atom is 0.275 e. The minimum atomic E-state index is -0.168. The number of nitrogens with one attached hydrogen (secondary N) is 2. The molecule has 3 heterocycles. The minimum Gasteiger partial charge on any atom is -0.490 e. The first-order valence-electron chi connectivity index (χ1n) is 11.2. The van der Waals surface area contributed by atoms with Gasteiger partial charge in [0.2, 0.25) is 0 Å². The van der Waals surface area contributed by atoms with Crippen molar-refractivity contribution in [3.8, 4) is 11.5 Å². The number of carbonyl (C=O) groups is 1. The lowest BCUT2D eigenvalue weighted by molar-refractivity contribution is -0.910. The van der Waals surface area contributed by atoms with E-state index in [1.54, 1.807) is 0 Å². The second-order valence-electron chi connectivity index (χ2n) is 8.51. The molecule has 1 saturated heterocycles. The number of likely N-dealkylation sites (tertiary alicyclic amines) is 1. The van der Waals surface area contributed by atoms with Gasteiger partial charge >= 0.3 is 0 Å². The first-order chi connectivity index (χ1) is 15.2. The lowest BCUT2D eigenvalue weighted by atomic mass is 10.0. The number of benzene rings is 2. The number of quaternary nitrogens is 1. The van der Waals surface area contributed by atoms with Crippen molar-refractivity contribution in [3.63, 3.8) is 0 Å². The van der Waals surface area contributed by atoms with Gasteiger partial charge in [-0.25, -0.2) is 0 Å². The summed E-state index contributed by atoms with van der Waals surface area (Å²) in [6.07, 6.45) is 3.08. The Hall–Kier alpha value is -2.99. The van der Waals surface area contributed by atoms with Crippen LogP contribution in [0.1, 0.15) is 49.6 Å². The second kappa shape index (κ2) is 8.63. The maximum atomic E-state index is 12.8. The summed E-state index contributed by atoms with van der Waals surface area (Å²) in [4.78, 5) is 14.1. The quantitative estimate of drug-likeness (QED) is 0.664. The number of ether oxygens (including phenoxy) is 2. The zero-order valence-corrected chi connectivity index (χ0v) is 17.9. The highest BCUT2D eigenvalue weighted by Gasteiger charge is 2.33. The van der Waals surface area contributed by atoms with Gasteiger partial charge in [0, 0.05) is 30.2 Å². The molecule has 6 heteroatoms. The van der Waals surface area contributed by atoms with Gasteiger partial charge in [-0.05, 0) is 37.3 Å². The summed E-state index contributed by atoms with van der Waals surface area (Å²) < 4.78 is 17.5. The van der Waals surface area contributed by atoms with Gasteiger partial charge in [0.1, 0.15) is 17.4 Å². The predicted molar refractivity (Wildman–Crippen MR) is 117 cm³/mol. The zero-order valence-electron chi connectivity index (χ0n) is 17.9. The summed E-state index contributed by atoms with van der Waals surface area (Å²) in [6.45, 7) is 4.78. The summed E-state index contributed by atoms with van der Waals surface area (Å²) in [7, 11) is 0. The van der Waals surface area contributed by atoms with Crippen LogP contribution in [0.2, 0.25) is 0 Å². The van der Waals surface area contributed by atoms with E-state index in [1.165, 1.54) is 10.5 Å². The van der Waals surface area contributed by atoms with E-state index in [9.17, 15) is 4.79 Å². The normalized spacial score (nSPS) is 21.6. The molecule has 2 aromatic carbocycles. The smallest absolute Gasteiger partial charge is 0.275 e. The van der Waals surface area contributed by atoms with Gasteiger partial charge in [0.25, 0.3) is 5.91 Å². The molecule has 2 aliphatic rings. The SMILES string of the molecule is C[C@H](NC(=O)C[NH+]1CCC[C@@H]1c1ccc2c(c1)OCCCO2)c1cc2ccccc2o1. The van der Waals surface area contributed by atoms with Crippen LogP contribution >= 0.6 is 0 Å². The van der Waals surface area contributed by atoms with Crippen LogP contribution in [0.3, 0.4) is 0 Å². The summed E-state index contributed by atoms with van der Waals surface area (Å²) in [6, 6.07) is 16.3. The van der Waals surface area contributed by atoms with Crippen molar-refractivity contribution in [1.82, 2.24) is 5.32 Å². The van der Waals surface area contributed by atoms with Crippen molar-refractivity contribution >= 4 is 16.9 Å². The first-order valence-corrected chi connectivity index (χ1v) is 11.2. The number of carbonyl (C=O) groups excluding carboxylic acids is 1. The topological polar surface area (TPSA) is 65.1 Å². The van der Waals surface area contributed by atoms with Gasteiger partial charge in [-0.2, -0.15) is 0 Å². The molecule has 2 N–H and O–H groups in total. The fraction of sp³-hybridized carbons (Fsp3) is 0.400. The van der Waals surface area contributed by atoms with Gasteiger partial charge in [0.15, 0.2) is 18.0 Å². The molecule has 1 amide bonds. The molecule has 0 aliphatic carbocycles. The van der Waals surface area contributed by atoms with Crippen LogP contribution in [0.5, 0.6) is 11.5 Å². The molecule has 1 aromatic heterocycles.